The Morgan fingerprint density at radius 1 is 1.47 bits per heavy atom. The van der Waals surface area contributed by atoms with Crippen molar-refractivity contribution in [1.29, 1.82) is 5.26 Å². The van der Waals surface area contributed by atoms with Crippen molar-refractivity contribution in [2.24, 2.45) is 0 Å². The van der Waals surface area contributed by atoms with Gasteiger partial charge in [0.1, 0.15) is 11.6 Å². The van der Waals surface area contributed by atoms with Gasteiger partial charge in [-0.15, -0.1) is 0 Å². The van der Waals surface area contributed by atoms with E-state index in [4.69, 9.17) is 5.26 Å². The van der Waals surface area contributed by atoms with Gasteiger partial charge in [-0.25, -0.2) is 0 Å². The van der Waals surface area contributed by atoms with E-state index in [2.05, 4.69) is 8.92 Å². The Morgan fingerprint density at radius 2 is 2.07 bits per heavy atom. The minimum atomic E-state index is -5.76. The molecular weight excluding hydrogens is 239 g/mol. The molecule has 0 radical (unpaired) electrons. The molecule has 0 bridgehead atoms. The van der Waals surface area contributed by atoms with Crippen molar-refractivity contribution >= 4 is 10.1 Å². The van der Waals surface area contributed by atoms with Crippen LogP contribution in [0.4, 0.5) is 13.2 Å². The van der Waals surface area contributed by atoms with Crippen molar-refractivity contribution < 1.29 is 30.5 Å². The Bertz CT molecular complexity index is 430. The molecule has 1 rings (SSSR count). The van der Waals surface area contributed by atoms with Crippen molar-refractivity contribution in [1.82, 2.24) is 0 Å². The Balaban J connectivity index is 2.94. The maximum Gasteiger partial charge on any atom is 0.534 e. The van der Waals surface area contributed by atoms with Gasteiger partial charge in [0.2, 0.25) is 0 Å². The fraction of sp³-hybridized carbons (Fsp3) is 0.500. The average Bonchev–Trinajstić information content (AvgIpc) is 2.48. The van der Waals surface area contributed by atoms with Crippen LogP contribution in [-0.4, -0.2) is 20.5 Å². The quantitative estimate of drug-likeness (QED) is 0.534. The fourth-order valence-electron chi connectivity index (χ4n) is 0.758. The van der Waals surface area contributed by atoms with Gasteiger partial charge < -0.3 is 8.92 Å². The molecule has 0 fully saturated rings. The van der Waals surface area contributed by atoms with Crippen molar-refractivity contribution in [2.75, 3.05) is 6.61 Å². The standard InChI is InChI=1S/C6H4F3NO4S/c7-6(8,9)15(11,12)14-5-4(3-10)1-2-13-5/h1-2H2. The zero-order valence-electron chi connectivity index (χ0n) is 7.04. The van der Waals surface area contributed by atoms with Crippen LogP contribution < -0.4 is 0 Å². The zero-order valence-corrected chi connectivity index (χ0v) is 7.85. The summed E-state index contributed by atoms with van der Waals surface area (Å²) >= 11 is 0. The van der Waals surface area contributed by atoms with Crippen LogP contribution in [-0.2, 0) is 19.0 Å². The van der Waals surface area contributed by atoms with Crippen LogP contribution in [0.3, 0.4) is 0 Å². The van der Waals surface area contributed by atoms with Gasteiger partial charge in [0.25, 0.3) is 0 Å². The van der Waals surface area contributed by atoms with E-state index < -0.39 is 21.6 Å². The average molecular weight is 243 g/mol. The van der Waals surface area contributed by atoms with Crippen molar-refractivity contribution in [3.63, 3.8) is 0 Å². The molecule has 1 aliphatic rings. The van der Waals surface area contributed by atoms with Crippen LogP contribution in [0.15, 0.2) is 11.5 Å². The topological polar surface area (TPSA) is 76.4 Å². The summed E-state index contributed by atoms with van der Waals surface area (Å²) in [6.45, 7) is -0.0778. The lowest BCUT2D eigenvalue weighted by Gasteiger charge is -2.09. The SMILES string of the molecule is N#CC1=C(OS(=O)(=O)C(F)(F)F)OCC1. The Kier molecular flexibility index (Phi) is 2.81. The van der Waals surface area contributed by atoms with Crippen LogP contribution in [0.1, 0.15) is 6.42 Å². The van der Waals surface area contributed by atoms with Gasteiger partial charge in [-0.1, -0.05) is 0 Å². The number of rotatable bonds is 2. The molecule has 1 aliphatic heterocycles. The largest absolute Gasteiger partial charge is 0.534 e. The third-order valence-corrected chi connectivity index (χ3v) is 2.37. The summed E-state index contributed by atoms with van der Waals surface area (Å²) in [5.41, 5.74) is -5.80. The van der Waals surface area contributed by atoms with E-state index in [1.165, 1.54) is 6.07 Å². The predicted octanol–water partition coefficient (Wildman–Crippen LogP) is 1.01. The number of nitriles is 1. The fourth-order valence-corrected chi connectivity index (χ4v) is 1.20. The van der Waals surface area contributed by atoms with Crippen molar-refractivity contribution in [3.05, 3.63) is 11.5 Å². The van der Waals surface area contributed by atoms with Crippen LogP contribution in [0.25, 0.3) is 0 Å². The molecule has 0 unspecified atom stereocenters. The molecule has 0 atom stereocenters. The number of alkyl halides is 3. The maximum atomic E-state index is 11.8. The van der Waals surface area contributed by atoms with Gasteiger partial charge in [-0.2, -0.15) is 26.9 Å². The molecule has 0 aromatic rings. The van der Waals surface area contributed by atoms with E-state index in [1.807, 2.05) is 0 Å². The summed E-state index contributed by atoms with van der Waals surface area (Å²) in [5, 5.41) is 8.39. The summed E-state index contributed by atoms with van der Waals surface area (Å²) in [4.78, 5) is 0. The van der Waals surface area contributed by atoms with Crippen LogP contribution in [0, 0.1) is 11.3 Å². The monoisotopic (exact) mass is 243 g/mol. The van der Waals surface area contributed by atoms with Gasteiger partial charge in [0.05, 0.1) is 6.61 Å². The third kappa shape index (κ3) is 2.33. The molecule has 0 aliphatic carbocycles. The van der Waals surface area contributed by atoms with Crippen LogP contribution in [0.2, 0.25) is 0 Å². The molecule has 0 saturated carbocycles. The zero-order chi connectivity index (χ0) is 11.7. The molecule has 0 aromatic carbocycles. The highest BCUT2D eigenvalue weighted by molar-refractivity contribution is 7.87. The van der Waals surface area contributed by atoms with Gasteiger partial charge in [-0.05, 0) is 0 Å². The third-order valence-electron chi connectivity index (χ3n) is 1.44. The molecule has 0 spiro atoms. The van der Waals surface area contributed by atoms with Gasteiger partial charge in [0, 0.05) is 6.42 Å². The van der Waals surface area contributed by atoms with Gasteiger partial charge >= 0.3 is 21.6 Å². The van der Waals surface area contributed by atoms with E-state index in [0.29, 0.717) is 0 Å². The molecule has 5 nitrogen and oxygen atoms in total. The Hall–Kier alpha value is -1.43. The lowest BCUT2D eigenvalue weighted by atomic mass is 10.3. The highest BCUT2D eigenvalue weighted by atomic mass is 32.2. The Labute approximate surface area is 82.8 Å². The molecule has 1 heterocycles. The minimum absolute atomic E-state index is 0.0270. The van der Waals surface area contributed by atoms with E-state index in [0.717, 1.165) is 0 Å². The van der Waals surface area contributed by atoms with Gasteiger partial charge in [0.15, 0.2) is 0 Å². The first-order valence-electron chi connectivity index (χ1n) is 3.55. The highest BCUT2D eigenvalue weighted by Crippen LogP contribution is 2.29. The first-order valence-corrected chi connectivity index (χ1v) is 4.95. The Morgan fingerprint density at radius 3 is 2.53 bits per heavy atom. The lowest BCUT2D eigenvalue weighted by Crippen LogP contribution is -2.25. The second-order valence-corrected chi connectivity index (χ2v) is 4.00. The number of nitrogens with zero attached hydrogens (tertiary/aromatic N) is 1. The first kappa shape index (κ1) is 11.6. The molecule has 0 N–H and O–H groups in total. The summed E-state index contributed by atoms with van der Waals surface area (Å²) in [6, 6.07) is 1.49. The minimum Gasteiger partial charge on any atom is -0.464 e. The summed E-state index contributed by atoms with van der Waals surface area (Å²) in [7, 11) is -5.76. The van der Waals surface area contributed by atoms with E-state index in [9.17, 15) is 21.6 Å². The summed E-state index contributed by atoms with van der Waals surface area (Å²) in [6.07, 6.45) is 0.0270. The summed E-state index contributed by atoms with van der Waals surface area (Å²) in [5.74, 6) is -0.894. The second kappa shape index (κ2) is 3.62. The molecule has 84 valence electrons. The van der Waals surface area contributed by atoms with Gasteiger partial charge in [-0.3, -0.25) is 0 Å². The van der Waals surface area contributed by atoms with Crippen LogP contribution >= 0.6 is 0 Å². The second-order valence-electron chi connectivity index (χ2n) is 2.46. The molecule has 9 heteroatoms. The normalized spacial score (nSPS) is 17.2. The molecule has 0 saturated heterocycles. The molecule has 15 heavy (non-hydrogen) atoms. The maximum absolute atomic E-state index is 11.8. The van der Waals surface area contributed by atoms with E-state index >= 15 is 0 Å². The van der Waals surface area contributed by atoms with Crippen molar-refractivity contribution in [2.45, 2.75) is 11.9 Å². The molecule has 0 aromatic heterocycles. The number of hydrogen-bond donors (Lipinski definition) is 0. The first-order chi connectivity index (χ1) is 6.78. The van der Waals surface area contributed by atoms with E-state index in [1.54, 1.807) is 0 Å². The highest BCUT2D eigenvalue weighted by Gasteiger charge is 2.49. The van der Waals surface area contributed by atoms with Crippen LogP contribution in [0.5, 0.6) is 0 Å². The molecule has 0 amide bonds. The number of hydrogen-bond acceptors (Lipinski definition) is 5. The lowest BCUT2D eigenvalue weighted by molar-refractivity contribution is -0.0555. The van der Waals surface area contributed by atoms with E-state index in [-0.39, 0.29) is 18.6 Å². The smallest absolute Gasteiger partial charge is 0.464 e. The number of halogens is 3. The van der Waals surface area contributed by atoms with Crippen molar-refractivity contribution in [3.8, 4) is 6.07 Å². The predicted molar refractivity (Wildman–Crippen MR) is 39.3 cm³/mol. The number of ether oxygens (including phenoxy) is 1. The molecular formula is C6H4F3NO4S. The summed E-state index contributed by atoms with van der Waals surface area (Å²) < 4.78 is 64.6.